The van der Waals surface area contributed by atoms with Gasteiger partial charge in [0.1, 0.15) is 6.33 Å². The molecule has 5 aromatic rings. The number of aliphatic hydroxyl groups is 1. The summed E-state index contributed by atoms with van der Waals surface area (Å²) in [5.41, 5.74) is 6.55. The molecule has 4 nitrogen and oxygen atoms in total. The Morgan fingerprint density at radius 2 is 1.51 bits per heavy atom. The number of thiophene rings is 1. The van der Waals surface area contributed by atoms with Crippen LogP contribution in [0.4, 0.5) is 0 Å². The Bertz CT molecular complexity index is 2050. The van der Waals surface area contributed by atoms with Crippen LogP contribution in [0.1, 0.15) is 105 Å². The Balaban J connectivity index is 0.000000312. The Morgan fingerprint density at radius 1 is 0.882 bits per heavy atom. The number of carbonyl (C=O) groups excluding carboxylic acids is 1. The Morgan fingerprint density at radius 3 is 2.14 bits per heavy atom. The predicted octanol–water partition coefficient (Wildman–Crippen LogP) is 12.2. The zero-order chi connectivity index (χ0) is 36.6. The standard InChI is InChI=1S/C31H33N2SSi.C13H24O2.Ir/c1-30(2)14-15-31(3,4)25-23(30)13-12-22-27-29(34-28(22)25)26(32-18-33-27)20-16-19-10-8-9-11-21(19)24(17-20)35(5,6)7;1-5-10(6-2)12(14)9-13(15)11(7-3)8-4;/h8-13,17-18H,14-15H2,1-7H3;9-11,14H,5-8H2,1-4H3;/q-1;;/b;12-9-;. The van der Waals surface area contributed by atoms with Crippen LogP contribution in [0.5, 0.6) is 0 Å². The van der Waals surface area contributed by atoms with Crippen LogP contribution in [-0.4, -0.2) is 28.9 Å². The van der Waals surface area contributed by atoms with Crippen molar-refractivity contribution in [1.82, 2.24) is 9.97 Å². The van der Waals surface area contributed by atoms with Crippen molar-refractivity contribution < 1.29 is 30.0 Å². The van der Waals surface area contributed by atoms with E-state index in [0.717, 1.165) is 42.5 Å². The van der Waals surface area contributed by atoms with Crippen molar-refractivity contribution in [3.8, 4) is 11.3 Å². The van der Waals surface area contributed by atoms with E-state index in [9.17, 15) is 9.90 Å². The summed E-state index contributed by atoms with van der Waals surface area (Å²) in [5.74, 6) is 0.547. The van der Waals surface area contributed by atoms with Crippen LogP contribution in [0.2, 0.25) is 19.6 Å². The monoisotopic (exact) mass is 898 g/mol. The summed E-state index contributed by atoms with van der Waals surface area (Å²) in [5, 5.41) is 15.0. The number of aliphatic hydroxyl groups excluding tert-OH is 1. The van der Waals surface area contributed by atoms with Crippen LogP contribution in [0.3, 0.4) is 0 Å². The third-order valence-electron chi connectivity index (χ3n) is 11.1. The van der Waals surface area contributed by atoms with Crippen molar-refractivity contribution in [2.75, 3.05) is 0 Å². The van der Waals surface area contributed by atoms with Gasteiger partial charge in [0.15, 0.2) is 5.78 Å². The summed E-state index contributed by atoms with van der Waals surface area (Å²) in [6.07, 6.45) is 9.08. The maximum absolute atomic E-state index is 11.7. The molecule has 0 amide bonds. The molecule has 1 radical (unpaired) electrons. The smallest absolute Gasteiger partial charge is 0.162 e. The number of aromatic nitrogens is 2. The molecule has 0 bridgehead atoms. The normalized spacial score (nSPS) is 15.5. The van der Waals surface area contributed by atoms with Gasteiger partial charge in [-0.3, -0.25) is 9.78 Å². The second kappa shape index (κ2) is 16.1. The van der Waals surface area contributed by atoms with Gasteiger partial charge in [0, 0.05) is 58.5 Å². The summed E-state index contributed by atoms with van der Waals surface area (Å²) in [6, 6.07) is 19.5. The van der Waals surface area contributed by atoms with E-state index in [0.29, 0.717) is 0 Å². The molecule has 0 saturated heterocycles. The minimum atomic E-state index is -1.58. The molecule has 51 heavy (non-hydrogen) atoms. The van der Waals surface area contributed by atoms with Crippen molar-refractivity contribution in [3.05, 3.63) is 77.8 Å². The Hall–Kier alpha value is -2.70. The first kappa shape index (κ1) is 41.1. The van der Waals surface area contributed by atoms with E-state index in [4.69, 9.17) is 9.97 Å². The molecule has 0 atom stereocenters. The van der Waals surface area contributed by atoms with Crippen molar-refractivity contribution in [1.29, 1.82) is 0 Å². The number of nitrogens with zero attached hydrogens (tertiary/aromatic N) is 2. The molecule has 2 heterocycles. The van der Waals surface area contributed by atoms with Crippen molar-refractivity contribution >= 4 is 61.5 Å². The fourth-order valence-corrected chi connectivity index (χ4v) is 10.8. The summed E-state index contributed by atoms with van der Waals surface area (Å²) >= 11 is 1.89. The fourth-order valence-electron chi connectivity index (χ4n) is 7.71. The van der Waals surface area contributed by atoms with Crippen LogP contribution in [0, 0.1) is 17.9 Å². The van der Waals surface area contributed by atoms with Gasteiger partial charge in [0.25, 0.3) is 0 Å². The van der Waals surface area contributed by atoms with Crippen LogP contribution >= 0.6 is 11.3 Å². The predicted molar refractivity (Wildman–Crippen MR) is 219 cm³/mol. The molecule has 0 saturated carbocycles. The second-order valence-electron chi connectivity index (χ2n) is 16.5. The van der Waals surface area contributed by atoms with Gasteiger partial charge in [-0.2, -0.15) is 0 Å². The number of rotatable bonds is 9. The number of ketones is 1. The van der Waals surface area contributed by atoms with Gasteiger partial charge in [-0.15, -0.1) is 40.1 Å². The topological polar surface area (TPSA) is 63.1 Å². The maximum atomic E-state index is 11.7. The molecule has 3 aromatic carbocycles. The maximum Gasteiger partial charge on any atom is 0.162 e. The molecule has 1 aliphatic rings. The van der Waals surface area contributed by atoms with E-state index in [1.165, 1.54) is 60.8 Å². The van der Waals surface area contributed by atoms with Gasteiger partial charge < -0.3 is 5.11 Å². The minimum Gasteiger partial charge on any atom is -0.512 e. The van der Waals surface area contributed by atoms with Gasteiger partial charge in [-0.05, 0) is 60.5 Å². The molecule has 2 aromatic heterocycles. The third kappa shape index (κ3) is 8.27. The van der Waals surface area contributed by atoms with Crippen LogP contribution in [-0.2, 0) is 35.7 Å². The minimum absolute atomic E-state index is 0. The third-order valence-corrected chi connectivity index (χ3v) is 14.4. The molecular weight excluding hydrogens is 841 g/mol. The zero-order valence-corrected chi connectivity index (χ0v) is 36.8. The van der Waals surface area contributed by atoms with Crippen molar-refractivity contribution in [2.24, 2.45) is 11.8 Å². The molecule has 1 aliphatic carbocycles. The molecule has 275 valence electrons. The van der Waals surface area contributed by atoms with Gasteiger partial charge in [0.2, 0.25) is 0 Å². The number of carbonyl (C=O) groups is 1. The first-order chi connectivity index (χ1) is 23.6. The Kier molecular flexibility index (Phi) is 13.0. The fraction of sp³-hybridized carbons (Fsp3) is 0.477. The van der Waals surface area contributed by atoms with E-state index in [1.54, 1.807) is 6.33 Å². The van der Waals surface area contributed by atoms with E-state index < -0.39 is 8.07 Å². The largest absolute Gasteiger partial charge is 0.512 e. The number of benzene rings is 3. The van der Waals surface area contributed by atoms with Crippen molar-refractivity contribution in [3.63, 3.8) is 0 Å². The van der Waals surface area contributed by atoms with Crippen molar-refractivity contribution in [2.45, 2.75) is 124 Å². The molecule has 0 fully saturated rings. The molecule has 1 N–H and O–H groups in total. The summed E-state index contributed by atoms with van der Waals surface area (Å²) in [4.78, 5) is 21.4. The zero-order valence-electron chi connectivity index (χ0n) is 32.6. The average molecular weight is 898 g/mol. The van der Waals surface area contributed by atoms with Crippen LogP contribution < -0.4 is 5.19 Å². The first-order valence-corrected chi connectivity index (χ1v) is 23.0. The molecule has 6 rings (SSSR count). The SMILES string of the molecule is CC1(C)CCC(C)(C)c2c1ccc1c2sc2c(-c3[c-]c4ccccc4c([Si](C)(C)C)c3)ncnc21.CCC(CC)C(=O)/C=C(\O)C(CC)CC.[Ir]. The van der Waals surface area contributed by atoms with Gasteiger partial charge in [-0.25, -0.2) is 4.98 Å². The molecular formula is C44H57IrN2O2SSi-. The number of hydrogen-bond acceptors (Lipinski definition) is 5. The second-order valence-corrected chi connectivity index (χ2v) is 22.6. The van der Waals surface area contributed by atoms with Crippen LogP contribution in [0.25, 0.3) is 42.3 Å². The Labute approximate surface area is 324 Å². The first-order valence-electron chi connectivity index (χ1n) is 18.7. The average Bonchev–Trinajstić information content (AvgIpc) is 3.46. The van der Waals surface area contributed by atoms with Crippen LogP contribution in [0.15, 0.2) is 60.6 Å². The molecule has 7 heteroatoms. The quantitative estimate of drug-likeness (QED) is 0.0693. The van der Waals surface area contributed by atoms with Gasteiger partial charge in [-0.1, -0.05) is 116 Å². The summed E-state index contributed by atoms with van der Waals surface area (Å²) in [7, 11) is -1.58. The molecule has 0 spiro atoms. The van der Waals surface area contributed by atoms with E-state index in [1.807, 2.05) is 39.0 Å². The van der Waals surface area contributed by atoms with E-state index >= 15 is 0 Å². The van der Waals surface area contributed by atoms with E-state index in [2.05, 4.69) is 95.9 Å². The number of hydrogen-bond donors (Lipinski definition) is 1. The van der Waals surface area contributed by atoms with E-state index in [-0.39, 0.29) is 54.3 Å². The van der Waals surface area contributed by atoms with Gasteiger partial charge in [0.05, 0.1) is 19.3 Å². The molecule has 0 aliphatic heterocycles. The molecule has 0 unspecified atom stereocenters. The van der Waals surface area contributed by atoms with Gasteiger partial charge >= 0.3 is 0 Å². The summed E-state index contributed by atoms with van der Waals surface area (Å²) in [6.45, 7) is 24.9. The number of allylic oxidation sites excluding steroid dienone is 2. The summed E-state index contributed by atoms with van der Waals surface area (Å²) < 4.78 is 2.58. The number of fused-ring (bicyclic) bond motifs is 6.